The number of nitrogens with zero attached hydrogens (tertiary/aromatic N) is 1. The van der Waals surface area contributed by atoms with Gasteiger partial charge in [-0.15, -0.1) is 0 Å². The van der Waals surface area contributed by atoms with Gasteiger partial charge >= 0.3 is 0 Å². The summed E-state index contributed by atoms with van der Waals surface area (Å²) in [5, 5.41) is 25.3. The molecule has 2 unspecified atom stereocenters. The fraction of sp³-hybridized carbons (Fsp3) is 0.636. The maximum absolute atomic E-state index is 12.3. The predicted molar refractivity (Wildman–Crippen MR) is 119 cm³/mol. The zero-order valence-corrected chi connectivity index (χ0v) is 18.8. The fourth-order valence-electron chi connectivity index (χ4n) is 3.10. The summed E-state index contributed by atoms with van der Waals surface area (Å²) < 4.78 is 2.37. The molecule has 0 aromatic heterocycles. The molecule has 2 amide bonds. The molecule has 1 aliphatic heterocycles. The molecule has 2 rings (SSSR count). The molecule has 8 heteroatoms. The number of aliphatic hydroxyl groups is 2. The van der Waals surface area contributed by atoms with E-state index in [4.69, 9.17) is 0 Å². The van der Waals surface area contributed by atoms with Gasteiger partial charge < -0.3 is 20.8 Å². The van der Waals surface area contributed by atoms with Crippen molar-refractivity contribution in [3.63, 3.8) is 0 Å². The van der Waals surface area contributed by atoms with Crippen LogP contribution in [0.2, 0.25) is 0 Å². The van der Waals surface area contributed by atoms with Crippen LogP contribution in [0.25, 0.3) is 0 Å². The first-order chi connectivity index (χ1) is 14.3. The average Bonchev–Trinajstić information content (AvgIpc) is 2.99. The smallest absolute Gasteiger partial charge is 0.251 e. The molecule has 7 nitrogen and oxygen atoms in total. The van der Waals surface area contributed by atoms with E-state index in [1.54, 1.807) is 24.1 Å². The van der Waals surface area contributed by atoms with E-state index in [1.165, 1.54) is 25.7 Å². The van der Waals surface area contributed by atoms with E-state index in [0.717, 1.165) is 18.0 Å². The predicted octanol–water partition coefficient (Wildman–Crippen LogP) is 2.18. The number of hydrogen-bond donors (Lipinski definition) is 4. The van der Waals surface area contributed by atoms with Gasteiger partial charge in [0, 0.05) is 36.6 Å². The van der Waals surface area contributed by atoms with Gasteiger partial charge in [0.25, 0.3) is 5.91 Å². The Morgan fingerprint density at radius 1 is 0.967 bits per heavy atom. The van der Waals surface area contributed by atoms with Crippen molar-refractivity contribution in [2.24, 2.45) is 5.92 Å². The van der Waals surface area contributed by atoms with Crippen LogP contribution in [0.5, 0.6) is 0 Å². The van der Waals surface area contributed by atoms with Crippen LogP contribution in [0.4, 0.5) is 0 Å². The van der Waals surface area contributed by atoms with Gasteiger partial charge in [0.1, 0.15) is 0 Å². The van der Waals surface area contributed by atoms with Crippen molar-refractivity contribution in [3.05, 3.63) is 29.8 Å². The van der Waals surface area contributed by atoms with Gasteiger partial charge in [-0.05, 0) is 55.0 Å². The Bertz CT molecular complexity index is 661. The summed E-state index contributed by atoms with van der Waals surface area (Å²) in [7, 11) is 0. The molecule has 0 bridgehead atoms. The Hall–Kier alpha value is -1.61. The largest absolute Gasteiger partial charge is 0.390 e. The second-order valence-corrected chi connectivity index (χ2v) is 9.38. The Morgan fingerprint density at radius 3 is 2.20 bits per heavy atom. The van der Waals surface area contributed by atoms with E-state index >= 15 is 0 Å². The van der Waals surface area contributed by atoms with Crippen LogP contribution in [0.3, 0.4) is 0 Å². The van der Waals surface area contributed by atoms with Crippen LogP contribution in [-0.2, 0) is 4.79 Å². The highest BCUT2D eigenvalue weighted by Gasteiger charge is 2.21. The molecule has 1 saturated heterocycles. The van der Waals surface area contributed by atoms with Gasteiger partial charge in [0.2, 0.25) is 5.91 Å². The number of nitrogens with one attached hydrogen (secondary N) is 2. The van der Waals surface area contributed by atoms with Crippen LogP contribution < -0.4 is 10.6 Å². The van der Waals surface area contributed by atoms with Crippen LogP contribution in [0.1, 0.15) is 56.3 Å². The van der Waals surface area contributed by atoms with E-state index < -0.39 is 12.2 Å². The molecule has 0 aliphatic carbocycles. The van der Waals surface area contributed by atoms with Gasteiger partial charge in [0.05, 0.1) is 18.6 Å². The van der Waals surface area contributed by atoms with Gasteiger partial charge in [0.15, 0.2) is 0 Å². The average molecular weight is 438 g/mol. The quantitative estimate of drug-likeness (QED) is 0.419. The fourth-order valence-corrected chi connectivity index (χ4v) is 4.10. The summed E-state index contributed by atoms with van der Waals surface area (Å²) in [4.78, 5) is 25.2. The lowest BCUT2D eigenvalue weighted by Crippen LogP contribution is -2.41. The summed E-state index contributed by atoms with van der Waals surface area (Å²) in [5.74, 6) is -0.333. The number of rotatable bonds is 10. The maximum Gasteiger partial charge on any atom is 0.251 e. The van der Waals surface area contributed by atoms with E-state index in [1.807, 2.05) is 26.0 Å². The van der Waals surface area contributed by atoms with Gasteiger partial charge in [-0.3, -0.25) is 9.59 Å². The van der Waals surface area contributed by atoms with E-state index in [-0.39, 0.29) is 24.8 Å². The van der Waals surface area contributed by atoms with Gasteiger partial charge in [-0.2, -0.15) is 0 Å². The Balaban J connectivity index is 1.75. The van der Waals surface area contributed by atoms with E-state index in [0.29, 0.717) is 18.0 Å². The second kappa shape index (κ2) is 12.9. The van der Waals surface area contributed by atoms with Crippen LogP contribution >= 0.6 is 11.9 Å². The lowest BCUT2D eigenvalue weighted by molar-refractivity contribution is -0.124. The minimum atomic E-state index is -1.23. The number of hydrogen-bond acceptors (Lipinski definition) is 6. The summed E-state index contributed by atoms with van der Waals surface area (Å²) in [6.45, 7) is 6.51. The van der Waals surface area contributed by atoms with Crippen molar-refractivity contribution in [1.29, 1.82) is 0 Å². The molecule has 1 aliphatic rings. The molecule has 0 radical (unpaired) electrons. The zero-order chi connectivity index (χ0) is 21.9. The molecule has 1 heterocycles. The summed E-state index contributed by atoms with van der Waals surface area (Å²) in [6, 6.07) is 7.37. The number of carbonyl (C=O) groups excluding carboxylic acids is 2. The number of benzene rings is 1. The molecule has 0 saturated carbocycles. The SMILES string of the molecule is CC(C)CNC(=O)CC(O)C(O)CNC(=O)c1ccc(SN2CCCCCC2)cc1. The van der Waals surface area contributed by atoms with Crippen LogP contribution in [-0.4, -0.2) is 64.7 Å². The Kier molecular flexibility index (Phi) is 10.6. The number of carbonyl (C=O) groups is 2. The van der Waals surface area contributed by atoms with Crippen molar-refractivity contribution in [3.8, 4) is 0 Å². The van der Waals surface area contributed by atoms with E-state index in [9.17, 15) is 19.8 Å². The molecular formula is C22H35N3O4S. The van der Waals surface area contributed by atoms with Gasteiger partial charge in [-0.1, -0.05) is 26.7 Å². The lowest BCUT2D eigenvalue weighted by Gasteiger charge is -2.19. The van der Waals surface area contributed by atoms with Crippen molar-refractivity contribution in [2.75, 3.05) is 26.2 Å². The highest BCUT2D eigenvalue weighted by atomic mass is 32.2. The van der Waals surface area contributed by atoms with Crippen molar-refractivity contribution < 1.29 is 19.8 Å². The highest BCUT2D eigenvalue weighted by Crippen LogP contribution is 2.25. The third-order valence-corrected chi connectivity index (χ3v) is 6.04. The molecule has 30 heavy (non-hydrogen) atoms. The Morgan fingerprint density at radius 2 is 1.60 bits per heavy atom. The maximum atomic E-state index is 12.3. The lowest BCUT2D eigenvalue weighted by atomic mass is 10.1. The summed E-state index contributed by atoms with van der Waals surface area (Å²) in [5.41, 5.74) is 0.492. The number of aliphatic hydroxyl groups excluding tert-OH is 2. The first-order valence-corrected chi connectivity index (χ1v) is 11.6. The van der Waals surface area contributed by atoms with Crippen molar-refractivity contribution in [2.45, 2.75) is 63.1 Å². The summed E-state index contributed by atoms with van der Waals surface area (Å²) in [6.07, 6.45) is 2.38. The molecule has 2 atom stereocenters. The molecule has 1 fully saturated rings. The molecule has 1 aromatic rings. The zero-order valence-electron chi connectivity index (χ0n) is 18.0. The van der Waals surface area contributed by atoms with Crippen LogP contribution in [0, 0.1) is 5.92 Å². The minimum absolute atomic E-state index is 0.123. The first-order valence-electron chi connectivity index (χ1n) is 10.8. The normalized spacial score (nSPS) is 17.2. The topological polar surface area (TPSA) is 102 Å². The monoisotopic (exact) mass is 437 g/mol. The van der Waals surface area contributed by atoms with Crippen molar-refractivity contribution >= 4 is 23.8 Å². The third-order valence-electron chi connectivity index (χ3n) is 4.93. The number of amides is 2. The van der Waals surface area contributed by atoms with Crippen LogP contribution in [0.15, 0.2) is 29.2 Å². The first kappa shape index (κ1) is 24.7. The Labute approximate surface area is 183 Å². The molecule has 168 valence electrons. The van der Waals surface area contributed by atoms with Crippen molar-refractivity contribution in [1.82, 2.24) is 14.9 Å². The standard InChI is InChI=1S/C22H35N3O4S/c1-16(2)14-23-21(28)13-19(26)20(27)15-24-22(29)17-7-9-18(10-8-17)30-25-11-5-3-4-6-12-25/h7-10,16,19-20,26-27H,3-6,11-15H2,1-2H3,(H,23,28)(H,24,29). The van der Waals surface area contributed by atoms with Gasteiger partial charge in [-0.25, -0.2) is 4.31 Å². The highest BCUT2D eigenvalue weighted by molar-refractivity contribution is 7.97. The molecule has 0 spiro atoms. The molecule has 4 N–H and O–H groups in total. The third kappa shape index (κ3) is 9.04. The minimum Gasteiger partial charge on any atom is -0.390 e. The molecule has 1 aromatic carbocycles. The molecular weight excluding hydrogens is 402 g/mol. The summed E-state index contributed by atoms with van der Waals surface area (Å²) >= 11 is 1.72. The van der Waals surface area contributed by atoms with E-state index in [2.05, 4.69) is 14.9 Å². The second-order valence-electron chi connectivity index (χ2n) is 8.21.